The van der Waals surface area contributed by atoms with Gasteiger partial charge in [-0.05, 0) is 12.1 Å². The van der Waals surface area contributed by atoms with E-state index in [1.165, 1.54) is 18.2 Å². The second-order valence-corrected chi connectivity index (χ2v) is 4.90. The molecule has 144 valence electrons. The average molecular weight is 387 g/mol. The first-order valence-corrected chi connectivity index (χ1v) is 7.12. The zero-order valence-electron chi connectivity index (χ0n) is 13.8. The minimum Gasteiger partial charge on any atom is -0.423 e. The Morgan fingerprint density at radius 2 is 1.74 bits per heavy atom. The van der Waals surface area contributed by atoms with Crippen LogP contribution in [0.25, 0.3) is 5.69 Å². The van der Waals surface area contributed by atoms with Crippen LogP contribution in [-0.2, 0) is 9.59 Å². The lowest BCUT2D eigenvalue weighted by molar-refractivity contribution is -0.151. The van der Waals surface area contributed by atoms with E-state index in [1.54, 1.807) is 5.43 Å². The molecular formula is C14H12F3N5O5. The van der Waals surface area contributed by atoms with Crippen LogP contribution in [0.5, 0.6) is 11.5 Å². The maximum atomic E-state index is 12.1. The number of hydrogen-bond donors (Lipinski definition) is 2. The summed E-state index contributed by atoms with van der Waals surface area (Å²) in [5, 5.41) is 0. The van der Waals surface area contributed by atoms with Crippen LogP contribution < -0.4 is 26.0 Å². The summed E-state index contributed by atoms with van der Waals surface area (Å²) in [6.07, 6.45) is -3.84. The van der Waals surface area contributed by atoms with Crippen LogP contribution in [0.3, 0.4) is 0 Å². The monoisotopic (exact) mass is 387 g/mol. The van der Waals surface area contributed by atoms with E-state index in [4.69, 9.17) is 9.47 Å². The molecule has 0 saturated heterocycles. The summed E-state index contributed by atoms with van der Waals surface area (Å²) >= 11 is 0. The zero-order valence-corrected chi connectivity index (χ0v) is 13.8. The molecule has 0 radical (unpaired) electrons. The second-order valence-electron chi connectivity index (χ2n) is 4.90. The van der Waals surface area contributed by atoms with Crippen LogP contribution in [0.2, 0.25) is 0 Å². The molecule has 27 heavy (non-hydrogen) atoms. The molecule has 1 aromatic carbocycles. The maximum absolute atomic E-state index is 12.1. The second kappa shape index (κ2) is 7.82. The molecule has 0 unspecified atom stereocenters. The molecule has 0 amide bonds. The van der Waals surface area contributed by atoms with Gasteiger partial charge in [0.1, 0.15) is 6.33 Å². The first kappa shape index (κ1) is 19.8. The molecule has 0 aliphatic rings. The van der Waals surface area contributed by atoms with Gasteiger partial charge in [-0.25, -0.2) is 9.78 Å². The Hall–Kier alpha value is -3.48. The van der Waals surface area contributed by atoms with E-state index in [9.17, 15) is 27.6 Å². The van der Waals surface area contributed by atoms with Crippen LogP contribution in [0.1, 0.15) is 13.8 Å². The van der Waals surface area contributed by atoms with Crippen LogP contribution in [0.4, 0.5) is 19.1 Å². The van der Waals surface area contributed by atoms with Gasteiger partial charge in [-0.3, -0.25) is 19.6 Å². The predicted octanol–water partition coefficient (Wildman–Crippen LogP) is 0.914. The minimum atomic E-state index is -4.75. The first-order chi connectivity index (χ1) is 12.5. The molecule has 13 heteroatoms. The van der Waals surface area contributed by atoms with Gasteiger partial charge in [-0.1, -0.05) is 0 Å². The van der Waals surface area contributed by atoms with Gasteiger partial charge in [0.25, 0.3) is 0 Å². The molecule has 0 atom stereocenters. The fraction of sp³-hybridized carbons (Fsp3) is 0.214. The van der Waals surface area contributed by atoms with E-state index in [0.29, 0.717) is 0 Å². The van der Waals surface area contributed by atoms with E-state index in [0.717, 1.165) is 30.2 Å². The third-order valence-electron chi connectivity index (χ3n) is 2.73. The molecule has 0 spiro atoms. The first-order valence-electron chi connectivity index (χ1n) is 7.12. The van der Waals surface area contributed by atoms with E-state index in [1.807, 2.05) is 0 Å². The number of hydrazine groups is 1. The number of alkyl halides is 3. The SMILES string of the molecule is CC(=O)Oc1ccc(-n2cnc(NNC(F)(F)F)nc2=O)cc1OC(C)=O. The van der Waals surface area contributed by atoms with Crippen molar-refractivity contribution in [3.05, 3.63) is 35.0 Å². The quantitative estimate of drug-likeness (QED) is 0.333. The summed E-state index contributed by atoms with van der Waals surface area (Å²) in [6.45, 7) is 2.26. The molecule has 0 aliphatic carbocycles. The lowest BCUT2D eigenvalue weighted by Crippen LogP contribution is -2.38. The molecule has 2 rings (SSSR count). The van der Waals surface area contributed by atoms with Crippen LogP contribution >= 0.6 is 0 Å². The van der Waals surface area contributed by atoms with Crippen molar-refractivity contribution in [3.8, 4) is 17.2 Å². The molecule has 2 aromatic rings. The molecule has 0 fully saturated rings. The standard InChI is InChI=1S/C14H12F3N5O5/c1-7(23)26-10-4-3-9(5-11(10)27-8(2)24)22-6-18-12(19-13(22)25)20-21-14(15,16)17/h3-6,21H,1-2H3,(H,19,20,25). The Bertz CT molecular complexity index is 928. The number of aromatic nitrogens is 3. The van der Waals surface area contributed by atoms with E-state index >= 15 is 0 Å². The van der Waals surface area contributed by atoms with Crippen molar-refractivity contribution in [2.75, 3.05) is 5.43 Å². The highest BCUT2D eigenvalue weighted by Gasteiger charge is 2.27. The number of nitrogens with one attached hydrogen (secondary N) is 2. The van der Waals surface area contributed by atoms with E-state index in [-0.39, 0.29) is 17.2 Å². The fourth-order valence-corrected chi connectivity index (χ4v) is 1.82. The fourth-order valence-electron chi connectivity index (χ4n) is 1.82. The molecule has 2 N–H and O–H groups in total. The van der Waals surface area contributed by atoms with Gasteiger partial charge >= 0.3 is 23.9 Å². The molecular weight excluding hydrogens is 375 g/mol. The van der Waals surface area contributed by atoms with E-state index in [2.05, 4.69) is 9.97 Å². The highest BCUT2D eigenvalue weighted by atomic mass is 19.4. The number of hydrogen-bond acceptors (Lipinski definition) is 9. The molecule has 1 heterocycles. The van der Waals surface area contributed by atoms with Crippen molar-refractivity contribution in [1.82, 2.24) is 20.0 Å². The Balaban J connectivity index is 2.35. The van der Waals surface area contributed by atoms with Crippen molar-refractivity contribution in [2.45, 2.75) is 20.1 Å². The number of rotatable bonds is 5. The number of esters is 2. The van der Waals surface area contributed by atoms with Gasteiger partial charge in [0.15, 0.2) is 11.5 Å². The molecule has 0 bridgehead atoms. The third kappa shape index (κ3) is 5.78. The highest BCUT2D eigenvalue weighted by molar-refractivity contribution is 5.74. The largest absolute Gasteiger partial charge is 0.474 e. The topological polar surface area (TPSA) is 124 Å². The number of carbonyl (C=O) groups excluding carboxylic acids is 2. The summed E-state index contributed by atoms with van der Waals surface area (Å²) in [5.74, 6) is -2.19. The van der Waals surface area contributed by atoms with Gasteiger partial charge in [-0.2, -0.15) is 18.2 Å². The van der Waals surface area contributed by atoms with Gasteiger partial charge in [0.05, 0.1) is 5.69 Å². The van der Waals surface area contributed by atoms with Crippen LogP contribution in [0.15, 0.2) is 29.3 Å². The van der Waals surface area contributed by atoms with Gasteiger partial charge in [0.2, 0.25) is 5.95 Å². The van der Waals surface area contributed by atoms with Crippen LogP contribution in [0, 0.1) is 0 Å². The highest BCUT2D eigenvalue weighted by Crippen LogP contribution is 2.29. The van der Waals surface area contributed by atoms with Gasteiger partial charge in [0, 0.05) is 19.9 Å². The molecule has 0 saturated carbocycles. The Morgan fingerprint density at radius 1 is 1.11 bits per heavy atom. The third-order valence-corrected chi connectivity index (χ3v) is 2.73. The number of benzene rings is 1. The van der Waals surface area contributed by atoms with Crippen molar-refractivity contribution >= 4 is 17.9 Å². The summed E-state index contributed by atoms with van der Waals surface area (Å²) in [7, 11) is 0. The van der Waals surface area contributed by atoms with Gasteiger partial charge in [-0.15, -0.1) is 5.43 Å². The summed E-state index contributed by atoms with van der Waals surface area (Å²) in [6, 6.07) is 3.79. The van der Waals surface area contributed by atoms with Crippen LogP contribution in [-0.4, -0.2) is 32.8 Å². The zero-order chi connectivity index (χ0) is 20.2. The van der Waals surface area contributed by atoms with Crippen molar-refractivity contribution in [3.63, 3.8) is 0 Å². The predicted molar refractivity (Wildman–Crippen MR) is 83.1 cm³/mol. The van der Waals surface area contributed by atoms with Crippen molar-refractivity contribution in [1.29, 1.82) is 0 Å². The molecule has 0 aliphatic heterocycles. The Morgan fingerprint density at radius 3 is 2.30 bits per heavy atom. The smallest absolute Gasteiger partial charge is 0.423 e. The number of anilines is 1. The van der Waals surface area contributed by atoms with Crippen molar-refractivity contribution < 1.29 is 32.2 Å². The lowest BCUT2D eigenvalue weighted by atomic mass is 10.2. The van der Waals surface area contributed by atoms with Gasteiger partial charge < -0.3 is 9.47 Å². The molecule has 1 aromatic heterocycles. The number of nitrogens with zero attached hydrogens (tertiary/aromatic N) is 3. The average Bonchev–Trinajstić information content (AvgIpc) is 2.53. The van der Waals surface area contributed by atoms with Crippen molar-refractivity contribution in [2.24, 2.45) is 0 Å². The van der Waals surface area contributed by atoms with E-state index < -0.39 is 29.9 Å². The lowest BCUT2D eigenvalue weighted by Gasteiger charge is -2.12. The number of ether oxygens (including phenoxy) is 2. The molecule has 10 nitrogen and oxygen atoms in total. The minimum absolute atomic E-state index is 0.0666. The Labute approximate surface area is 148 Å². The number of halogens is 3. The number of carbonyl (C=O) groups is 2. The Kier molecular flexibility index (Phi) is 5.75. The summed E-state index contributed by atoms with van der Waals surface area (Å²) in [4.78, 5) is 41.2. The normalized spacial score (nSPS) is 11.0. The maximum Gasteiger partial charge on any atom is 0.474 e. The summed E-state index contributed by atoms with van der Waals surface area (Å²) < 4.78 is 46.9. The summed E-state index contributed by atoms with van der Waals surface area (Å²) in [5.41, 5.74) is 1.73.